The summed E-state index contributed by atoms with van der Waals surface area (Å²) in [7, 11) is 0. The lowest BCUT2D eigenvalue weighted by Crippen LogP contribution is -2.50. The van der Waals surface area contributed by atoms with E-state index in [1.165, 1.54) is 6.92 Å². The van der Waals surface area contributed by atoms with Crippen LogP contribution in [0.2, 0.25) is 0 Å². The van der Waals surface area contributed by atoms with E-state index in [1.807, 2.05) is 26.8 Å². The zero-order chi connectivity index (χ0) is 37.1. The second-order valence-corrected chi connectivity index (χ2v) is 13.6. The molecule has 0 radical (unpaired) electrons. The Labute approximate surface area is 295 Å². The molecule has 1 aliphatic rings. The lowest BCUT2D eigenvalue weighted by Gasteiger charge is -2.34. The quantitative estimate of drug-likeness (QED) is 0.154. The fourth-order valence-corrected chi connectivity index (χ4v) is 5.60. The van der Waals surface area contributed by atoms with Crippen molar-refractivity contribution in [3.05, 3.63) is 123 Å². The molecule has 4 aromatic rings. The molecule has 0 aliphatic carbocycles. The van der Waals surface area contributed by atoms with Gasteiger partial charge in [-0.05, 0) is 84.9 Å². The van der Waals surface area contributed by atoms with E-state index >= 15 is 0 Å². The Morgan fingerprint density at radius 1 is 0.804 bits per heavy atom. The number of carbonyl (C=O) groups is 4. The van der Waals surface area contributed by atoms with Crippen LogP contribution in [0.5, 0.6) is 0 Å². The van der Waals surface area contributed by atoms with E-state index in [-0.39, 0.29) is 33.6 Å². The van der Waals surface area contributed by atoms with Crippen molar-refractivity contribution in [1.29, 1.82) is 5.26 Å². The van der Waals surface area contributed by atoms with Gasteiger partial charge in [0.2, 0.25) is 0 Å². The van der Waals surface area contributed by atoms with Crippen molar-refractivity contribution in [2.45, 2.75) is 78.0 Å². The first-order valence-electron chi connectivity index (χ1n) is 16.3. The minimum atomic E-state index is -1.90. The second kappa shape index (κ2) is 14.6. The van der Waals surface area contributed by atoms with E-state index < -0.39 is 60.0 Å². The number of esters is 4. The van der Waals surface area contributed by atoms with E-state index in [1.54, 1.807) is 93.6 Å². The van der Waals surface area contributed by atoms with Crippen LogP contribution in [0.25, 0.3) is 0 Å². The number of carbonyl (C=O) groups excluding carboxylic acids is 4. The summed E-state index contributed by atoms with van der Waals surface area (Å²) < 4.78 is 30.0. The summed E-state index contributed by atoms with van der Waals surface area (Å²) in [5.74, 6) is -3.13. The molecule has 1 aliphatic heterocycles. The molecule has 12 nitrogen and oxygen atoms in total. The third kappa shape index (κ3) is 8.16. The highest BCUT2D eigenvalue weighted by molar-refractivity contribution is 5.94. The number of benzene rings is 3. The smallest absolute Gasteiger partial charge is 0.343 e. The highest BCUT2D eigenvalue weighted by Crippen LogP contribution is 2.47. The molecule has 12 heteroatoms. The van der Waals surface area contributed by atoms with E-state index in [0.29, 0.717) is 0 Å². The number of nitriles is 1. The number of H-pyrrole nitrogens is 1. The summed E-state index contributed by atoms with van der Waals surface area (Å²) in [4.78, 5) is 54.2. The van der Waals surface area contributed by atoms with Crippen LogP contribution in [-0.4, -0.2) is 64.1 Å². The van der Waals surface area contributed by atoms with E-state index in [2.05, 4.69) is 10.2 Å². The van der Waals surface area contributed by atoms with Gasteiger partial charge in [0.1, 0.15) is 36.0 Å². The summed E-state index contributed by atoms with van der Waals surface area (Å²) in [6.07, 6.45) is -4.07. The van der Waals surface area contributed by atoms with Crippen LogP contribution in [0.3, 0.4) is 0 Å². The van der Waals surface area contributed by atoms with Crippen molar-refractivity contribution in [2.75, 3.05) is 6.61 Å². The number of aromatic nitrogens is 2. The molecule has 1 N–H and O–H groups in total. The Bertz CT molecular complexity index is 1970. The molecule has 1 saturated heterocycles. The first-order valence-corrected chi connectivity index (χ1v) is 16.3. The first kappa shape index (κ1) is 36.5. The summed E-state index contributed by atoms with van der Waals surface area (Å²) in [6, 6.07) is 21.9. The third-order valence-electron chi connectivity index (χ3n) is 8.29. The summed E-state index contributed by atoms with van der Waals surface area (Å²) in [5.41, 5.74) is -0.0378. The fraction of sp³-hybridized carbons (Fsp3) is 0.333. The molecular weight excluding hydrogens is 654 g/mol. The van der Waals surface area contributed by atoms with E-state index in [4.69, 9.17) is 23.7 Å². The largest absolute Gasteiger partial charge is 0.459 e. The average molecular weight is 694 g/mol. The Morgan fingerprint density at radius 3 is 1.78 bits per heavy atom. The maximum Gasteiger partial charge on any atom is 0.343 e. The maximum atomic E-state index is 13.8. The molecule has 0 amide bonds. The predicted molar refractivity (Wildman–Crippen MR) is 183 cm³/mol. The van der Waals surface area contributed by atoms with E-state index in [0.717, 1.165) is 16.7 Å². The van der Waals surface area contributed by atoms with Crippen molar-refractivity contribution in [3.8, 4) is 6.07 Å². The number of nitrogens with one attached hydrogen (secondary N) is 1. The van der Waals surface area contributed by atoms with Gasteiger partial charge in [0, 0.05) is 0 Å². The SMILES string of the molecule is Cc1ccc(C(=O)OCC2OC(c3[nH]nc(C#N)c3C(=O)OC(C)(C)C)[C@](C)(OC(=O)c3ccc(C)cc3)[C@@H]2OC(=O)c2ccc(C)cc2)cc1. The van der Waals surface area contributed by atoms with Crippen LogP contribution in [0, 0.1) is 32.1 Å². The van der Waals surface area contributed by atoms with Crippen LogP contribution < -0.4 is 0 Å². The van der Waals surface area contributed by atoms with Gasteiger partial charge < -0.3 is 23.7 Å². The molecule has 5 rings (SSSR count). The Hall–Kier alpha value is -5.80. The Morgan fingerprint density at radius 2 is 1.29 bits per heavy atom. The molecule has 3 aromatic carbocycles. The highest BCUT2D eigenvalue weighted by atomic mass is 16.7. The minimum Gasteiger partial charge on any atom is -0.459 e. The fourth-order valence-electron chi connectivity index (χ4n) is 5.60. The lowest BCUT2D eigenvalue weighted by atomic mass is 9.88. The van der Waals surface area contributed by atoms with Crippen molar-refractivity contribution in [2.24, 2.45) is 0 Å². The van der Waals surface area contributed by atoms with Gasteiger partial charge in [0.25, 0.3) is 0 Å². The van der Waals surface area contributed by atoms with Gasteiger partial charge in [-0.25, -0.2) is 19.2 Å². The number of aromatic amines is 1. The summed E-state index contributed by atoms with van der Waals surface area (Å²) in [6.45, 7) is 11.6. The number of ether oxygens (including phenoxy) is 5. The molecule has 51 heavy (non-hydrogen) atoms. The lowest BCUT2D eigenvalue weighted by molar-refractivity contribution is -0.0898. The van der Waals surface area contributed by atoms with Gasteiger partial charge in [-0.2, -0.15) is 10.4 Å². The highest BCUT2D eigenvalue weighted by Gasteiger charge is 2.61. The molecule has 4 atom stereocenters. The Kier molecular flexibility index (Phi) is 10.4. The van der Waals surface area contributed by atoms with Gasteiger partial charge in [-0.3, -0.25) is 5.10 Å². The topological polar surface area (TPSA) is 167 Å². The van der Waals surface area contributed by atoms with Crippen LogP contribution in [-0.2, 0) is 23.7 Å². The predicted octanol–water partition coefficient (Wildman–Crippen LogP) is 6.30. The zero-order valence-electron chi connectivity index (χ0n) is 29.4. The molecule has 1 fully saturated rings. The molecule has 2 heterocycles. The van der Waals surface area contributed by atoms with Crippen LogP contribution >= 0.6 is 0 Å². The van der Waals surface area contributed by atoms with Gasteiger partial charge >= 0.3 is 23.9 Å². The third-order valence-corrected chi connectivity index (χ3v) is 8.29. The van der Waals surface area contributed by atoms with Crippen LogP contribution in [0.4, 0.5) is 0 Å². The minimum absolute atomic E-state index is 0.0660. The van der Waals surface area contributed by atoms with Gasteiger partial charge in [0.15, 0.2) is 17.4 Å². The number of aryl methyl sites for hydroxylation is 3. The molecule has 0 bridgehead atoms. The molecule has 0 saturated carbocycles. The summed E-state index contributed by atoms with van der Waals surface area (Å²) in [5, 5.41) is 16.6. The molecule has 2 unspecified atom stereocenters. The average Bonchev–Trinajstić information content (AvgIpc) is 3.62. The first-order chi connectivity index (χ1) is 24.1. The van der Waals surface area contributed by atoms with E-state index in [9.17, 15) is 24.4 Å². The van der Waals surface area contributed by atoms with Gasteiger partial charge in [-0.1, -0.05) is 53.1 Å². The number of hydrogen-bond acceptors (Lipinski definition) is 11. The molecule has 1 aromatic heterocycles. The van der Waals surface area contributed by atoms with Crippen LogP contribution in [0.1, 0.15) is 103 Å². The van der Waals surface area contributed by atoms with Crippen LogP contribution in [0.15, 0.2) is 72.8 Å². The molecule has 0 spiro atoms. The van der Waals surface area contributed by atoms with Gasteiger partial charge in [-0.15, -0.1) is 0 Å². The standard InChI is InChI=1S/C39H39N3O9/c1-22-8-14-25(15-9-22)34(43)47-21-29-32(49-35(44)26-16-10-23(2)11-17-26)39(7,51-36(45)27-18-12-24(3)13-19-27)33(48-29)31-30(28(20-40)41-42-31)37(46)50-38(4,5)6/h8-19,29,32-33H,21H2,1-7H3,(H,41,42)/t29?,32-,33?,39-/m1/s1. The maximum absolute atomic E-state index is 13.8. The van der Waals surface area contributed by atoms with Crippen molar-refractivity contribution >= 4 is 23.9 Å². The zero-order valence-corrected chi connectivity index (χ0v) is 29.4. The number of nitrogens with zero attached hydrogens (tertiary/aromatic N) is 2. The normalized spacial score (nSPS) is 19.8. The number of rotatable bonds is 9. The van der Waals surface area contributed by atoms with Gasteiger partial charge in [0.05, 0.1) is 22.4 Å². The van der Waals surface area contributed by atoms with Crippen molar-refractivity contribution < 1.29 is 42.9 Å². The Balaban J connectivity index is 1.61. The second-order valence-electron chi connectivity index (χ2n) is 13.6. The monoisotopic (exact) mass is 693 g/mol. The van der Waals surface area contributed by atoms with Crippen molar-refractivity contribution in [1.82, 2.24) is 10.2 Å². The molecular formula is C39H39N3O9. The van der Waals surface area contributed by atoms with Crippen molar-refractivity contribution in [3.63, 3.8) is 0 Å². The molecule has 264 valence electrons. The number of hydrogen-bond donors (Lipinski definition) is 1. The summed E-state index contributed by atoms with van der Waals surface area (Å²) >= 11 is 0.